The van der Waals surface area contributed by atoms with Gasteiger partial charge in [-0.3, -0.25) is 0 Å². The monoisotopic (exact) mass is 874 g/mol. The Hall–Kier alpha value is -0.401. The number of thiophene rings is 1. The van der Waals surface area contributed by atoms with E-state index >= 15 is 0 Å². The molecule has 0 atom stereocenters. The molecule has 0 aliphatic rings. The second-order valence-electron chi connectivity index (χ2n) is 8.82. The molecule has 0 aliphatic heterocycles. The third kappa shape index (κ3) is 3.75. The van der Waals surface area contributed by atoms with Crippen molar-refractivity contribution in [1.29, 1.82) is 0 Å². The number of hydrogen-bond acceptors (Lipinski definition) is 2. The molecule has 7 rings (SSSR count). The van der Waals surface area contributed by atoms with Gasteiger partial charge >= 0.3 is 260 Å². The van der Waals surface area contributed by atoms with Crippen molar-refractivity contribution in [3.8, 4) is 20.0 Å². The molecule has 0 spiro atoms. The van der Waals surface area contributed by atoms with Crippen LogP contribution in [0.2, 0.25) is 0 Å². The van der Waals surface area contributed by atoms with Crippen LogP contribution in [0.1, 0.15) is 11.1 Å². The Bertz CT molecular complexity index is 1880. The van der Waals surface area contributed by atoms with E-state index in [4.69, 9.17) is 4.42 Å². The number of furan rings is 1. The fourth-order valence-corrected chi connectivity index (χ4v) is 15.9. The molecule has 4 aromatic heterocycles. The SMILES string of the molecule is Cc1ccc(-c2[se]c3c(oc4cc5c(cc43)sc3c(Br)c(-c4ccc(C)cc4Br)[se]c35)c2Br)c(Br)c1. The van der Waals surface area contributed by atoms with Crippen LogP contribution in [0.4, 0.5) is 0 Å². The van der Waals surface area contributed by atoms with Crippen LogP contribution in [0.25, 0.3) is 59.9 Å². The normalized spacial score (nSPS) is 12.2. The quantitative estimate of drug-likeness (QED) is 0.158. The van der Waals surface area contributed by atoms with Crippen LogP contribution in [0.15, 0.2) is 70.8 Å². The second-order valence-corrected chi connectivity index (χ2v) is 17.5. The molecule has 0 saturated carbocycles. The summed E-state index contributed by atoms with van der Waals surface area (Å²) in [6, 6.07) is 17.9. The molecular formula is C28H14Br4OSSe2. The number of fused-ring (bicyclic) bond motifs is 6. The van der Waals surface area contributed by atoms with E-state index in [9.17, 15) is 0 Å². The molecule has 8 heteroatoms. The van der Waals surface area contributed by atoms with Crippen molar-refractivity contribution < 1.29 is 4.42 Å². The predicted molar refractivity (Wildman–Crippen MR) is 172 cm³/mol. The Morgan fingerprint density at radius 3 is 1.94 bits per heavy atom. The van der Waals surface area contributed by atoms with Gasteiger partial charge in [0.05, 0.1) is 0 Å². The Kier molecular flexibility index (Phi) is 6.21. The van der Waals surface area contributed by atoms with Crippen molar-refractivity contribution >= 4 is 144 Å². The van der Waals surface area contributed by atoms with Crippen LogP contribution in [-0.2, 0) is 0 Å². The van der Waals surface area contributed by atoms with Crippen molar-refractivity contribution in [3.63, 3.8) is 0 Å². The van der Waals surface area contributed by atoms with Crippen molar-refractivity contribution in [2.24, 2.45) is 0 Å². The molecule has 1 nitrogen and oxygen atoms in total. The minimum absolute atomic E-state index is 0.167. The van der Waals surface area contributed by atoms with E-state index in [1.807, 2.05) is 11.3 Å². The fourth-order valence-electron chi connectivity index (χ4n) is 4.59. The number of benzene rings is 3. The van der Waals surface area contributed by atoms with E-state index in [2.05, 4.69) is 126 Å². The third-order valence-corrected chi connectivity index (χ3v) is 17.4. The molecule has 0 fully saturated rings. The number of hydrogen-bond donors (Lipinski definition) is 0. The summed E-state index contributed by atoms with van der Waals surface area (Å²) in [6.07, 6.45) is 0. The van der Waals surface area contributed by atoms with Crippen LogP contribution < -0.4 is 0 Å². The van der Waals surface area contributed by atoms with Crippen LogP contribution in [0.5, 0.6) is 0 Å². The summed E-state index contributed by atoms with van der Waals surface area (Å²) in [7, 11) is 0. The maximum atomic E-state index is 6.52. The molecule has 36 heavy (non-hydrogen) atoms. The van der Waals surface area contributed by atoms with E-state index in [1.165, 1.54) is 64.3 Å². The zero-order chi connectivity index (χ0) is 24.9. The van der Waals surface area contributed by atoms with E-state index in [0.717, 1.165) is 24.6 Å². The average molecular weight is 876 g/mol. The Labute approximate surface area is 256 Å². The number of rotatable bonds is 2. The summed E-state index contributed by atoms with van der Waals surface area (Å²) >= 11 is 17.7. The van der Waals surface area contributed by atoms with Gasteiger partial charge in [-0.05, 0) is 0 Å². The molecule has 3 aromatic carbocycles. The van der Waals surface area contributed by atoms with Crippen molar-refractivity contribution in [1.82, 2.24) is 0 Å². The Morgan fingerprint density at radius 2 is 1.31 bits per heavy atom. The standard InChI is InChI=1S/C28H14Br4OSSe2/c1-11-3-5-13(17(29)7-11)25-21(31)23-27(35-25)15-10-20-16(9-19(15)33-23)28-24(34-20)22(32)26(36-28)14-6-4-12(2)8-18(14)30/h3-10H,1-2H3. The molecular weight excluding hydrogens is 862 g/mol. The van der Waals surface area contributed by atoms with Crippen LogP contribution >= 0.6 is 75.1 Å². The van der Waals surface area contributed by atoms with Gasteiger partial charge in [-0.2, -0.15) is 0 Å². The summed E-state index contributed by atoms with van der Waals surface area (Å²) in [4.78, 5) is 0. The van der Waals surface area contributed by atoms with Gasteiger partial charge in [0.1, 0.15) is 0 Å². The summed E-state index contributed by atoms with van der Waals surface area (Å²) < 4.78 is 19.4. The molecule has 0 radical (unpaired) electrons. The van der Waals surface area contributed by atoms with Crippen molar-refractivity contribution in [3.05, 3.63) is 77.5 Å². The van der Waals surface area contributed by atoms with E-state index in [1.54, 1.807) is 0 Å². The minimum atomic E-state index is 0.167. The van der Waals surface area contributed by atoms with Gasteiger partial charge in [0, 0.05) is 0 Å². The van der Waals surface area contributed by atoms with Crippen LogP contribution in [0.3, 0.4) is 0 Å². The van der Waals surface area contributed by atoms with Crippen molar-refractivity contribution in [2.75, 3.05) is 0 Å². The number of halogens is 4. The van der Waals surface area contributed by atoms with Crippen LogP contribution in [0, 0.1) is 13.8 Å². The fraction of sp³-hybridized carbons (Fsp3) is 0.0714. The van der Waals surface area contributed by atoms with E-state index < -0.39 is 0 Å². The van der Waals surface area contributed by atoms with Crippen LogP contribution in [-0.4, -0.2) is 29.0 Å². The summed E-state index contributed by atoms with van der Waals surface area (Å²) in [5.74, 6) is 0. The van der Waals surface area contributed by atoms with Gasteiger partial charge < -0.3 is 0 Å². The van der Waals surface area contributed by atoms with E-state index in [0.29, 0.717) is 0 Å². The van der Waals surface area contributed by atoms with Gasteiger partial charge in [-0.15, -0.1) is 0 Å². The topological polar surface area (TPSA) is 13.1 Å². The van der Waals surface area contributed by atoms with Gasteiger partial charge in [-0.25, -0.2) is 0 Å². The van der Waals surface area contributed by atoms with Crippen molar-refractivity contribution in [2.45, 2.75) is 13.8 Å². The average Bonchev–Trinajstić information content (AvgIpc) is 3.54. The molecule has 0 amide bonds. The first kappa shape index (κ1) is 24.6. The molecule has 4 heterocycles. The second kappa shape index (κ2) is 9.08. The first-order valence-electron chi connectivity index (χ1n) is 11.0. The first-order chi connectivity index (χ1) is 17.3. The molecule has 0 N–H and O–H groups in total. The predicted octanol–water partition coefficient (Wildman–Crippen LogP) is 11.1. The summed E-state index contributed by atoms with van der Waals surface area (Å²) in [6.45, 7) is 4.25. The van der Waals surface area contributed by atoms with E-state index in [-0.39, 0.29) is 29.0 Å². The number of aryl methyl sites for hydroxylation is 2. The molecule has 7 aromatic rings. The zero-order valence-corrected chi connectivity index (χ0v) is 29.4. The molecule has 0 saturated heterocycles. The third-order valence-electron chi connectivity index (χ3n) is 6.35. The molecule has 0 bridgehead atoms. The first-order valence-corrected chi connectivity index (χ1v) is 18.4. The van der Waals surface area contributed by atoms with Gasteiger partial charge in [0.25, 0.3) is 0 Å². The van der Waals surface area contributed by atoms with Gasteiger partial charge in [0.15, 0.2) is 0 Å². The van der Waals surface area contributed by atoms with Gasteiger partial charge in [-0.1, -0.05) is 0 Å². The maximum absolute atomic E-state index is 6.52. The Morgan fingerprint density at radius 1 is 0.694 bits per heavy atom. The molecule has 178 valence electrons. The Balaban J connectivity index is 1.43. The summed E-state index contributed by atoms with van der Waals surface area (Å²) in [5.41, 5.74) is 7.04. The zero-order valence-electron chi connectivity index (χ0n) is 18.8. The molecule has 0 aliphatic carbocycles. The van der Waals surface area contributed by atoms with Gasteiger partial charge in [0.2, 0.25) is 0 Å². The molecule has 0 unspecified atom stereocenters. The summed E-state index contributed by atoms with van der Waals surface area (Å²) in [5, 5.41) is 2.58.